The number of H-pyrrole nitrogens is 1. The second-order valence-corrected chi connectivity index (χ2v) is 4.06. The van der Waals surface area contributed by atoms with Gasteiger partial charge < -0.3 is 10.1 Å². The number of amides is 1. The molecule has 1 heterocycles. The number of carboxylic acids is 1. The number of carboxylic acid groups (broad SMARTS) is 1. The number of nitrogens with one attached hydrogen (secondary N) is 1. The summed E-state index contributed by atoms with van der Waals surface area (Å²) in [4.78, 5) is 38.0. The highest BCUT2D eigenvalue weighted by molar-refractivity contribution is 6.08. The molecule has 0 radical (unpaired) electrons. The van der Waals surface area contributed by atoms with E-state index in [1.54, 1.807) is 30.3 Å². The van der Waals surface area contributed by atoms with Crippen LogP contribution >= 0.6 is 0 Å². The predicted octanol–water partition coefficient (Wildman–Crippen LogP) is 1.11. The van der Waals surface area contributed by atoms with E-state index in [1.165, 1.54) is 12.3 Å². The third-order valence-corrected chi connectivity index (χ3v) is 2.63. The summed E-state index contributed by atoms with van der Waals surface area (Å²) < 4.78 is 0. The highest BCUT2D eigenvalue weighted by Crippen LogP contribution is 2.15. The summed E-state index contributed by atoms with van der Waals surface area (Å²) in [6, 6.07) is 11.0. The number of carbonyl (C=O) groups excluding carboxylic acids is 1. The van der Waals surface area contributed by atoms with Crippen LogP contribution in [0.3, 0.4) is 0 Å². The summed E-state index contributed by atoms with van der Waals surface area (Å²) in [5.74, 6) is -1.67. The SMILES string of the molecule is O=C(O)CN(C(=O)c1cc[nH]c(=O)c1)c1ccccc1. The number of hydrogen-bond acceptors (Lipinski definition) is 3. The van der Waals surface area contributed by atoms with E-state index < -0.39 is 24.0 Å². The van der Waals surface area contributed by atoms with E-state index in [4.69, 9.17) is 5.11 Å². The van der Waals surface area contributed by atoms with Crippen LogP contribution in [0.2, 0.25) is 0 Å². The first-order valence-corrected chi connectivity index (χ1v) is 5.85. The summed E-state index contributed by atoms with van der Waals surface area (Å²) in [7, 11) is 0. The minimum absolute atomic E-state index is 0.138. The first kappa shape index (κ1) is 13.5. The molecule has 0 unspecified atom stereocenters. The molecule has 0 spiro atoms. The Labute approximate surface area is 114 Å². The van der Waals surface area contributed by atoms with Crippen LogP contribution in [0, 0.1) is 0 Å². The first-order chi connectivity index (χ1) is 9.58. The van der Waals surface area contributed by atoms with Gasteiger partial charge in [-0.25, -0.2) is 0 Å². The number of carbonyl (C=O) groups is 2. The molecule has 1 aromatic heterocycles. The van der Waals surface area contributed by atoms with Gasteiger partial charge in [0, 0.05) is 23.5 Å². The Hall–Kier alpha value is -2.89. The zero-order valence-corrected chi connectivity index (χ0v) is 10.4. The number of aromatic amines is 1. The van der Waals surface area contributed by atoms with E-state index in [0.29, 0.717) is 5.69 Å². The third kappa shape index (κ3) is 3.11. The molecule has 102 valence electrons. The van der Waals surface area contributed by atoms with E-state index in [1.807, 2.05) is 0 Å². The van der Waals surface area contributed by atoms with Crippen LogP contribution in [-0.2, 0) is 4.79 Å². The third-order valence-electron chi connectivity index (χ3n) is 2.63. The molecule has 1 aromatic carbocycles. The van der Waals surface area contributed by atoms with E-state index in [9.17, 15) is 14.4 Å². The Kier molecular flexibility index (Phi) is 3.95. The van der Waals surface area contributed by atoms with Crippen molar-refractivity contribution in [3.8, 4) is 0 Å². The fourth-order valence-corrected chi connectivity index (χ4v) is 1.76. The first-order valence-electron chi connectivity index (χ1n) is 5.85. The minimum atomic E-state index is -1.13. The van der Waals surface area contributed by atoms with Gasteiger partial charge in [0.05, 0.1) is 0 Å². The zero-order valence-electron chi connectivity index (χ0n) is 10.4. The van der Waals surface area contributed by atoms with Crippen LogP contribution in [0.5, 0.6) is 0 Å². The summed E-state index contributed by atoms with van der Waals surface area (Å²) in [6.07, 6.45) is 1.35. The van der Waals surface area contributed by atoms with Crippen LogP contribution in [0.25, 0.3) is 0 Å². The molecule has 6 nitrogen and oxygen atoms in total. The molecule has 2 N–H and O–H groups in total. The number of rotatable bonds is 4. The normalized spacial score (nSPS) is 10.0. The number of nitrogens with zero attached hydrogens (tertiary/aromatic N) is 1. The Morgan fingerprint density at radius 1 is 1.15 bits per heavy atom. The number of benzene rings is 1. The Bertz CT molecular complexity index is 679. The average molecular weight is 272 g/mol. The largest absolute Gasteiger partial charge is 0.480 e. The molecule has 20 heavy (non-hydrogen) atoms. The van der Waals surface area contributed by atoms with Crippen molar-refractivity contribution < 1.29 is 14.7 Å². The maximum Gasteiger partial charge on any atom is 0.323 e. The monoisotopic (exact) mass is 272 g/mol. The van der Waals surface area contributed by atoms with Gasteiger partial charge in [0.25, 0.3) is 5.91 Å². The van der Waals surface area contributed by atoms with Crippen molar-refractivity contribution in [3.05, 3.63) is 64.6 Å². The van der Waals surface area contributed by atoms with Crippen LogP contribution < -0.4 is 10.5 Å². The second kappa shape index (κ2) is 5.83. The summed E-state index contributed by atoms with van der Waals surface area (Å²) in [5, 5.41) is 8.93. The average Bonchev–Trinajstić information content (AvgIpc) is 2.45. The molecule has 0 saturated carbocycles. The van der Waals surface area contributed by atoms with Crippen molar-refractivity contribution in [1.29, 1.82) is 0 Å². The van der Waals surface area contributed by atoms with Crippen LogP contribution in [0.15, 0.2) is 53.5 Å². The minimum Gasteiger partial charge on any atom is -0.480 e. The lowest BCUT2D eigenvalue weighted by molar-refractivity contribution is -0.135. The quantitative estimate of drug-likeness (QED) is 0.872. The molecule has 1 amide bonds. The van der Waals surface area contributed by atoms with E-state index in [-0.39, 0.29) is 5.56 Å². The van der Waals surface area contributed by atoms with Gasteiger partial charge in [-0.2, -0.15) is 0 Å². The number of hydrogen-bond donors (Lipinski definition) is 2. The number of pyridine rings is 1. The maximum atomic E-state index is 12.3. The standard InChI is InChI=1S/C14H12N2O4/c17-12-8-10(6-7-15-12)14(20)16(9-13(18)19)11-4-2-1-3-5-11/h1-8H,9H2,(H,15,17)(H,18,19). The lowest BCUT2D eigenvalue weighted by Gasteiger charge is -2.20. The topological polar surface area (TPSA) is 90.5 Å². The fraction of sp³-hybridized carbons (Fsp3) is 0.0714. The van der Waals surface area contributed by atoms with E-state index >= 15 is 0 Å². The lowest BCUT2D eigenvalue weighted by atomic mass is 10.2. The van der Waals surface area contributed by atoms with Gasteiger partial charge in [-0.3, -0.25) is 19.3 Å². The van der Waals surface area contributed by atoms with Gasteiger partial charge in [0.15, 0.2) is 0 Å². The molecule has 0 aliphatic rings. The Morgan fingerprint density at radius 3 is 2.45 bits per heavy atom. The van der Waals surface area contributed by atoms with Gasteiger partial charge in [0.1, 0.15) is 6.54 Å². The van der Waals surface area contributed by atoms with E-state index in [0.717, 1.165) is 11.0 Å². The summed E-state index contributed by atoms with van der Waals surface area (Å²) in [5.41, 5.74) is 0.179. The number of aliphatic carboxylic acids is 1. The van der Waals surface area contributed by atoms with E-state index in [2.05, 4.69) is 4.98 Å². The Balaban J connectivity index is 2.39. The molecule has 6 heteroatoms. The van der Waals surface area contributed by atoms with Gasteiger partial charge in [-0.05, 0) is 18.2 Å². The number of para-hydroxylation sites is 1. The molecule has 0 bridgehead atoms. The van der Waals surface area contributed by atoms with Gasteiger partial charge in [0.2, 0.25) is 5.56 Å². The number of anilines is 1. The van der Waals surface area contributed by atoms with Crippen LogP contribution in [0.1, 0.15) is 10.4 Å². The molecular weight excluding hydrogens is 260 g/mol. The molecule has 2 rings (SSSR count). The van der Waals surface area contributed by atoms with Crippen LogP contribution in [0.4, 0.5) is 5.69 Å². The van der Waals surface area contributed by atoms with Crippen molar-refractivity contribution in [1.82, 2.24) is 4.98 Å². The van der Waals surface area contributed by atoms with Crippen molar-refractivity contribution in [2.75, 3.05) is 11.4 Å². The lowest BCUT2D eigenvalue weighted by Crippen LogP contribution is -2.36. The molecular formula is C14H12N2O4. The van der Waals surface area contributed by atoms with Gasteiger partial charge in [-0.1, -0.05) is 18.2 Å². The van der Waals surface area contributed by atoms with Crippen molar-refractivity contribution in [3.63, 3.8) is 0 Å². The molecule has 0 fully saturated rings. The van der Waals surface area contributed by atoms with Crippen molar-refractivity contribution in [2.45, 2.75) is 0 Å². The molecule has 0 atom stereocenters. The maximum absolute atomic E-state index is 12.3. The fourth-order valence-electron chi connectivity index (χ4n) is 1.76. The highest BCUT2D eigenvalue weighted by atomic mass is 16.4. The summed E-state index contributed by atoms with van der Waals surface area (Å²) >= 11 is 0. The van der Waals surface area contributed by atoms with Crippen LogP contribution in [-0.4, -0.2) is 28.5 Å². The van der Waals surface area contributed by atoms with Crippen molar-refractivity contribution in [2.24, 2.45) is 0 Å². The second-order valence-electron chi connectivity index (χ2n) is 4.06. The van der Waals surface area contributed by atoms with Crippen molar-refractivity contribution >= 4 is 17.6 Å². The zero-order chi connectivity index (χ0) is 14.5. The van der Waals surface area contributed by atoms with Gasteiger partial charge in [-0.15, -0.1) is 0 Å². The summed E-state index contributed by atoms with van der Waals surface area (Å²) in [6.45, 7) is -0.477. The molecule has 2 aromatic rings. The molecule has 0 aliphatic carbocycles. The molecule has 0 saturated heterocycles. The predicted molar refractivity (Wildman–Crippen MR) is 72.8 cm³/mol. The highest BCUT2D eigenvalue weighted by Gasteiger charge is 2.20. The number of aromatic nitrogens is 1. The smallest absolute Gasteiger partial charge is 0.323 e. The molecule has 0 aliphatic heterocycles. The Morgan fingerprint density at radius 2 is 1.85 bits per heavy atom. The van der Waals surface area contributed by atoms with Gasteiger partial charge >= 0.3 is 5.97 Å².